The number of benzene rings is 2. The summed E-state index contributed by atoms with van der Waals surface area (Å²) >= 11 is 7.00. The number of unbranched alkanes of at least 4 members (excludes halogenated alkanes) is 22. The molecule has 0 saturated carbocycles. The molecule has 6 nitrogen and oxygen atoms in total. The van der Waals surface area contributed by atoms with Crippen LogP contribution in [0.2, 0.25) is 0 Å². The summed E-state index contributed by atoms with van der Waals surface area (Å²) < 4.78 is 0. The van der Waals surface area contributed by atoms with E-state index in [1.54, 1.807) is 28.2 Å². The molecule has 6 aromatic rings. The van der Waals surface area contributed by atoms with Crippen molar-refractivity contribution in [3.63, 3.8) is 0 Å². The lowest BCUT2D eigenvalue weighted by molar-refractivity contribution is -0.124. The van der Waals surface area contributed by atoms with Crippen LogP contribution in [-0.2, 0) is 25.8 Å². The van der Waals surface area contributed by atoms with E-state index in [9.17, 15) is 0 Å². The van der Waals surface area contributed by atoms with Crippen LogP contribution in [0.3, 0.4) is 0 Å². The number of carbonyl (C=O) groups excluding carboxylic acids is 2. The van der Waals surface area contributed by atoms with Crippen molar-refractivity contribution in [2.24, 2.45) is 11.8 Å². The van der Waals surface area contributed by atoms with Crippen molar-refractivity contribution >= 4 is 68.6 Å². The molecule has 1 aliphatic carbocycles. The Bertz CT molecular complexity index is 3450. The maximum atomic E-state index is 16.3. The van der Waals surface area contributed by atoms with E-state index in [-0.39, 0.29) is 28.1 Å². The van der Waals surface area contributed by atoms with E-state index in [0.717, 1.165) is 82.5 Å². The van der Waals surface area contributed by atoms with Crippen LogP contribution in [-0.4, -0.2) is 44.7 Å². The van der Waals surface area contributed by atoms with Crippen molar-refractivity contribution in [3.8, 4) is 41.1 Å². The minimum Gasteiger partial charge on any atom is -0.304 e. The zero-order valence-electron chi connectivity index (χ0n) is 61.3. The van der Waals surface area contributed by atoms with Gasteiger partial charge in [-0.1, -0.05) is 293 Å². The molecule has 518 valence electrons. The van der Waals surface area contributed by atoms with Gasteiger partial charge in [-0.15, -0.1) is 45.3 Å². The van der Waals surface area contributed by atoms with Crippen LogP contribution in [0.4, 0.5) is 0 Å². The Labute approximate surface area is 593 Å². The van der Waals surface area contributed by atoms with Crippen LogP contribution < -0.4 is 0 Å². The Morgan fingerprint density at radius 2 is 0.789 bits per heavy atom. The van der Waals surface area contributed by atoms with Gasteiger partial charge in [0.05, 0.1) is 32.3 Å². The van der Waals surface area contributed by atoms with E-state index < -0.39 is 0 Å². The smallest absolute Gasteiger partial charge is 0.261 e. The summed E-state index contributed by atoms with van der Waals surface area (Å²) in [4.78, 5) is 54.5. The zero-order valence-corrected chi connectivity index (χ0v) is 64.5. The van der Waals surface area contributed by atoms with Gasteiger partial charge in [-0.05, 0) is 125 Å². The molecule has 0 fully saturated rings. The molecule has 6 heterocycles. The fourth-order valence-electron chi connectivity index (χ4n) is 15.5. The number of aromatic nitrogens is 2. The molecule has 3 aliphatic rings. The second-order valence-corrected chi connectivity index (χ2v) is 35.2. The molecule has 2 aromatic carbocycles. The lowest BCUT2D eigenvalue weighted by atomic mass is 9.69. The number of fused-ring (bicyclic) bond motifs is 4. The Kier molecular flexibility index (Phi) is 28.3. The van der Waals surface area contributed by atoms with Crippen LogP contribution in [0, 0.1) is 11.8 Å². The van der Waals surface area contributed by atoms with Crippen molar-refractivity contribution in [1.29, 1.82) is 0 Å². The van der Waals surface area contributed by atoms with Crippen LogP contribution in [0.1, 0.15) is 333 Å². The molecule has 4 aromatic heterocycles. The van der Waals surface area contributed by atoms with Crippen molar-refractivity contribution < 1.29 is 9.59 Å². The Hall–Kier alpha value is -4.48. The van der Waals surface area contributed by atoms with E-state index in [1.165, 1.54) is 214 Å². The van der Waals surface area contributed by atoms with Crippen LogP contribution in [0.5, 0.6) is 0 Å². The van der Waals surface area contributed by atoms with Crippen molar-refractivity contribution in [1.82, 2.24) is 19.8 Å². The van der Waals surface area contributed by atoms with Crippen LogP contribution in [0.25, 0.3) is 52.5 Å². The molecule has 0 saturated heterocycles. The van der Waals surface area contributed by atoms with Crippen molar-refractivity contribution in [2.75, 3.05) is 13.1 Å². The molecule has 10 heteroatoms. The van der Waals surface area contributed by atoms with E-state index in [4.69, 9.17) is 9.97 Å². The summed E-state index contributed by atoms with van der Waals surface area (Å²) in [5, 5.41) is 1.54. The molecule has 0 bridgehead atoms. The minimum absolute atomic E-state index is 0.0232. The summed E-state index contributed by atoms with van der Waals surface area (Å²) in [5.74, 6) is 0.537. The van der Waals surface area contributed by atoms with Gasteiger partial charge in [0.25, 0.3) is 11.8 Å². The number of rotatable bonds is 43. The normalized spacial score (nSPS) is 15.3. The summed E-state index contributed by atoms with van der Waals surface area (Å²) in [6.45, 7) is 29.0. The molecule has 9 rings (SSSR count). The van der Waals surface area contributed by atoms with Gasteiger partial charge in [0.1, 0.15) is 10.0 Å². The number of hydrogen-bond acceptors (Lipinski definition) is 8. The summed E-state index contributed by atoms with van der Waals surface area (Å²) in [6, 6.07) is 24.0. The standard InChI is InChI=1S/C85H122N4O2S4/c1-13-19-25-31-33-37-43-61(41-35-27-21-15-3)59-88-77(75-76(82(88)91)78(80-87-58-73(95-80)71-51-52-74(93-71)84(10,11)12)89(81(75)90)60-62(42-36-28-22-16-4)44-38-34-32-26-20-14-2)79-86-57-72(94-79)70-50-49-69(92-70)63-45-47-65-66-48-46-64(83(7,8)9)56-68(66)85(67(65)55-63,53-39-29-23-17-5)54-40-30-24-18-6/h45-52,55-58,61-62H,13-44,53-54,59-60H2,1-12H3. The molecule has 2 unspecified atom stereocenters. The lowest BCUT2D eigenvalue weighted by Crippen LogP contribution is -2.35. The third kappa shape index (κ3) is 18.7. The first-order valence-electron chi connectivity index (χ1n) is 38.6. The van der Waals surface area contributed by atoms with E-state index in [2.05, 4.69) is 154 Å². The number of hydrogen-bond donors (Lipinski definition) is 0. The number of thiazole rings is 2. The Morgan fingerprint density at radius 3 is 1.23 bits per heavy atom. The highest BCUT2D eigenvalue weighted by atomic mass is 32.1. The first-order chi connectivity index (χ1) is 46.0. The van der Waals surface area contributed by atoms with Gasteiger partial charge in [-0.25, -0.2) is 9.97 Å². The molecule has 0 spiro atoms. The van der Waals surface area contributed by atoms with Gasteiger partial charge < -0.3 is 9.80 Å². The topological polar surface area (TPSA) is 66.4 Å². The predicted octanol–water partition coefficient (Wildman–Crippen LogP) is 27.0. The highest BCUT2D eigenvalue weighted by molar-refractivity contribution is 7.24. The van der Waals surface area contributed by atoms with Gasteiger partial charge in [0.2, 0.25) is 0 Å². The van der Waals surface area contributed by atoms with Crippen LogP contribution in [0.15, 0.2) is 84.2 Å². The largest absolute Gasteiger partial charge is 0.304 e. The third-order valence-electron chi connectivity index (χ3n) is 21.2. The number of amides is 2. The fraction of sp³-hybridized carbons (Fsp3) is 0.624. The van der Waals surface area contributed by atoms with Crippen molar-refractivity contribution in [3.05, 3.63) is 116 Å². The number of carbonyl (C=O) groups is 2. The quantitative estimate of drug-likeness (QED) is 0.0358. The Morgan fingerprint density at radius 1 is 0.400 bits per heavy atom. The monoisotopic (exact) mass is 1360 g/mol. The van der Waals surface area contributed by atoms with Gasteiger partial charge in [-0.2, -0.15) is 0 Å². The van der Waals surface area contributed by atoms with E-state index in [0.29, 0.717) is 36.1 Å². The molecule has 2 amide bonds. The third-order valence-corrected chi connectivity index (χ3v) is 26.3. The van der Waals surface area contributed by atoms with E-state index in [1.807, 2.05) is 35.1 Å². The minimum atomic E-state index is -0.0454. The number of thiophene rings is 2. The molecular weight excluding hydrogens is 1240 g/mol. The SMILES string of the molecule is CCCCCCCCC(CCCCCC)CN1C(=O)C2=C(c3ncc(-c4ccc(C(C)(C)C)s4)s3)N(CC(CCCCCC)CCCCCCCC)C(=O)C2=C1c1ncc(-c2ccc(-c3ccc4c(c3)C(CCCCCC)(CCCCCC)c3cc(C(C)(C)C)ccc3-4)s2)s1. The molecule has 0 N–H and O–H groups in total. The molecular formula is C85H122N4O2S4. The summed E-state index contributed by atoms with van der Waals surface area (Å²) in [6.07, 6.45) is 45.3. The van der Waals surface area contributed by atoms with Gasteiger partial charge in [-0.3, -0.25) is 9.59 Å². The van der Waals surface area contributed by atoms with Gasteiger partial charge in [0, 0.05) is 50.4 Å². The highest BCUT2D eigenvalue weighted by Crippen LogP contribution is 2.57. The maximum Gasteiger partial charge on any atom is 0.261 e. The fourth-order valence-corrected chi connectivity index (χ4v) is 19.7. The average molecular weight is 1360 g/mol. The molecule has 2 atom stereocenters. The van der Waals surface area contributed by atoms with Gasteiger partial charge >= 0.3 is 0 Å². The number of nitrogens with zero attached hydrogens (tertiary/aromatic N) is 4. The molecule has 2 aliphatic heterocycles. The van der Waals surface area contributed by atoms with E-state index >= 15 is 9.59 Å². The van der Waals surface area contributed by atoms with Crippen molar-refractivity contribution in [2.45, 2.75) is 318 Å². The first kappa shape index (κ1) is 74.7. The molecule has 0 radical (unpaired) electrons. The lowest BCUT2D eigenvalue weighted by Gasteiger charge is -2.34. The second-order valence-electron chi connectivity index (χ2n) is 30.9. The zero-order chi connectivity index (χ0) is 67.5. The second kappa shape index (κ2) is 36.0. The Balaban J connectivity index is 1.14. The summed E-state index contributed by atoms with van der Waals surface area (Å²) in [5.41, 5.74) is 11.3. The van der Waals surface area contributed by atoms with Crippen LogP contribution >= 0.6 is 45.3 Å². The molecule has 95 heavy (non-hydrogen) atoms. The predicted molar refractivity (Wildman–Crippen MR) is 415 cm³/mol. The highest BCUT2D eigenvalue weighted by Gasteiger charge is 2.51. The first-order valence-corrected chi connectivity index (χ1v) is 41.8. The van der Waals surface area contributed by atoms with Gasteiger partial charge in [0.15, 0.2) is 0 Å². The summed E-state index contributed by atoms with van der Waals surface area (Å²) in [7, 11) is 0. The average Bonchev–Trinajstić information content (AvgIpc) is 1.56. The maximum absolute atomic E-state index is 16.3.